The molecule has 2 aromatic carbocycles. The van der Waals surface area contributed by atoms with Crippen molar-refractivity contribution in [2.24, 2.45) is 0 Å². The Morgan fingerprint density at radius 2 is 0.523 bits per heavy atom. The van der Waals surface area contributed by atoms with Gasteiger partial charge in [0.2, 0.25) is 6.69 Å². The van der Waals surface area contributed by atoms with Crippen LogP contribution in [-0.2, 0) is 35.4 Å². The first-order valence-electron chi connectivity index (χ1n) is 36.0. The Morgan fingerprint density at radius 1 is 0.378 bits per heavy atom. The monoisotopic (exact) mass is 1670 g/mol. The van der Waals surface area contributed by atoms with Crippen LogP contribution in [0.25, 0.3) is 0 Å². The molecule has 32 nitrogen and oxygen atoms in total. The van der Waals surface area contributed by atoms with Gasteiger partial charge in [0.25, 0.3) is 47.3 Å². The fourth-order valence-corrected chi connectivity index (χ4v) is 16.0. The maximum atomic E-state index is 14.6. The van der Waals surface area contributed by atoms with Gasteiger partial charge in [0.15, 0.2) is 0 Å². The van der Waals surface area contributed by atoms with Gasteiger partial charge in [-0.15, -0.1) is 22.2 Å². The van der Waals surface area contributed by atoms with Gasteiger partial charge in [0.1, 0.15) is 0 Å². The summed E-state index contributed by atoms with van der Waals surface area (Å²) in [5.74, 6) is -5.44. The van der Waals surface area contributed by atoms with E-state index in [1.165, 1.54) is 19.2 Å². The zero-order valence-corrected chi connectivity index (χ0v) is 71.6. The van der Waals surface area contributed by atoms with Gasteiger partial charge in [-0.05, 0) is 89.7 Å². The number of amides is 8. The summed E-state index contributed by atoms with van der Waals surface area (Å²) in [6.07, 6.45) is -0.926. The van der Waals surface area contributed by atoms with Crippen LogP contribution in [0.4, 0.5) is 0 Å². The van der Waals surface area contributed by atoms with Crippen molar-refractivity contribution in [2.45, 2.75) is 72.9 Å². The van der Waals surface area contributed by atoms with E-state index in [9.17, 15) is 79.2 Å². The van der Waals surface area contributed by atoms with Gasteiger partial charge in [0.05, 0.1) is 150 Å². The lowest BCUT2D eigenvalue weighted by Crippen LogP contribution is -2.48. The highest BCUT2D eigenvalue weighted by atomic mass is 35.7. The summed E-state index contributed by atoms with van der Waals surface area (Å²) in [6.45, 7) is 15.7. The number of rotatable bonds is 26. The van der Waals surface area contributed by atoms with Crippen LogP contribution < -0.4 is 0 Å². The molecule has 4 fully saturated rings. The molecule has 4 heterocycles. The van der Waals surface area contributed by atoms with E-state index in [0.29, 0.717) is 0 Å². The molecule has 2 aromatic rings. The smallest absolute Gasteiger partial charge is 0.331 e. The summed E-state index contributed by atoms with van der Waals surface area (Å²) < 4.78 is 48.0. The minimum Gasteiger partial charge on any atom is -0.395 e. The molecule has 4 saturated heterocycles. The highest BCUT2D eigenvalue weighted by Gasteiger charge is 2.39. The van der Waals surface area contributed by atoms with Crippen LogP contribution >= 0.6 is 22.2 Å². The molecule has 0 saturated carbocycles. The van der Waals surface area contributed by atoms with Crippen molar-refractivity contribution < 1.29 is 115 Å². The predicted octanol–water partition coefficient (Wildman–Crippen LogP) is -2.78. The third kappa shape index (κ3) is 36.1. The molecule has 0 unspecified atom stereocenters. The fourth-order valence-electron chi connectivity index (χ4n) is 11.0. The summed E-state index contributed by atoms with van der Waals surface area (Å²) >= 11 is 10.9. The van der Waals surface area contributed by atoms with Gasteiger partial charge in [0, 0.05) is 171 Å². The molecule has 607 valence electrons. The Kier molecular flexibility index (Phi) is 49.6. The van der Waals surface area contributed by atoms with Crippen LogP contribution in [0.3, 0.4) is 0 Å². The fraction of sp³-hybridized carbons (Fsp3) is 0.683. The highest BCUT2D eigenvalue weighted by molar-refractivity contribution is 7.81. The Hall–Kier alpha value is -4.19. The number of nitrogens with zero attached hydrogens (tertiary/aromatic N) is 8. The number of benzene rings is 2. The Labute approximate surface area is 678 Å². The van der Waals surface area contributed by atoms with Gasteiger partial charge >= 0.3 is 34.2 Å². The lowest BCUT2D eigenvalue weighted by molar-refractivity contribution is 0.0549. The standard InChI is InChI=1S/C34H58N4O12Si4.C26H42N4O12.C2H6Cl2Si.CH4.B7.B2/c1-51(2)43-17-9-35(10-18-44-51)31(39)27-25-29(33(41)37-13-21-47-53(5,6)48-22-14-37)30(34(42)38-15-23-49-54(7,8)50-24-16-38)26-28(27)32(40)36-11-19-45-52(3,4)46-20-12-36;31-9-1-27(2-10-32)23(39)19-17-21(25(41)29(5-13-35)6-14-36)22(26(42)30(7-15-37)8-16-38)18-20(19)24(40)28(3-11-33)4-12-34;1-5(2,3)4;;1-5-7(4)6(2)3;1-2/h25-26H,9-24H2,1-8H3;17-18,31-38H,1-16H2;1-2H3;1H4;;. The first kappa shape index (κ1) is 105. The van der Waals surface area contributed by atoms with Crippen molar-refractivity contribution in [3.05, 3.63) is 68.8 Å². The van der Waals surface area contributed by atoms with Crippen molar-refractivity contribution in [1.82, 2.24) is 39.2 Å². The molecule has 0 spiro atoms. The maximum absolute atomic E-state index is 14.6. The molecule has 8 N–H and O–H groups in total. The molecule has 4 aliphatic heterocycles. The number of carbonyl (C=O) groups excluding carboxylic acids is 8. The number of aliphatic hydroxyl groups is 8. The van der Waals surface area contributed by atoms with Crippen molar-refractivity contribution in [2.75, 3.05) is 210 Å². The molecule has 0 atom stereocenters. The second-order valence-electron chi connectivity index (χ2n) is 27.1. The summed E-state index contributed by atoms with van der Waals surface area (Å²) in [4.78, 5) is 124. The summed E-state index contributed by atoms with van der Waals surface area (Å²) in [5.41, 5.74) is -1.55. The second kappa shape index (κ2) is 52.5. The van der Waals surface area contributed by atoms with Crippen molar-refractivity contribution >= 4 is 177 Å². The molecule has 0 bridgehead atoms. The molecular weight excluding hydrogens is 1560 g/mol. The summed E-state index contributed by atoms with van der Waals surface area (Å²) in [6, 6.07) is 4.81. The first-order chi connectivity index (χ1) is 51.7. The van der Waals surface area contributed by atoms with Crippen molar-refractivity contribution in [1.29, 1.82) is 0 Å². The van der Waals surface area contributed by atoms with Crippen molar-refractivity contribution in [3.8, 4) is 0 Å². The van der Waals surface area contributed by atoms with Crippen LogP contribution in [0.15, 0.2) is 24.3 Å². The SMILES string of the molecule is C.C[Si](C)(Cl)Cl.C[Si]1(C)OCCN(C(=O)c2cc(C(=O)N3CCO[Si](C)(C)OCC3)c(C(=O)N3CCO[Si](C)(C)OCC3)cc2C(=O)N2CCO[Si](C)(C)OCC2)CCO1.O=C(c1cc(C(=O)N(CCO)CCO)c(C(=O)N(CCO)CCO)cc1C(=O)N(CCO)CCO)N(CCO)CCO.[B][B].[B][B]B([B])B([B])[B]. The third-order valence-electron chi connectivity index (χ3n) is 16.6. The molecule has 48 heteroatoms. The number of aliphatic hydroxyl groups excluding tert-OH is 8. The number of hydrogen-bond donors (Lipinski definition) is 8. The lowest BCUT2D eigenvalue weighted by Gasteiger charge is -2.34. The third-order valence-corrected chi connectivity index (χ3v) is 23.8. The maximum Gasteiger partial charge on any atom is 0.331 e. The second-order valence-corrected chi connectivity index (χ2v) is 49.5. The first-order valence-corrected chi connectivity index (χ1v) is 52.3. The zero-order valence-electron chi connectivity index (χ0n) is 65.1. The van der Waals surface area contributed by atoms with E-state index in [1.54, 1.807) is 19.6 Å². The van der Waals surface area contributed by atoms with E-state index in [1.807, 2.05) is 65.5 Å². The van der Waals surface area contributed by atoms with Gasteiger partial charge in [-0.2, -0.15) is 0 Å². The largest absolute Gasteiger partial charge is 0.395 e. The van der Waals surface area contributed by atoms with Crippen LogP contribution in [0.1, 0.15) is 90.3 Å². The zero-order chi connectivity index (χ0) is 83.3. The molecule has 0 aliphatic carbocycles. The van der Waals surface area contributed by atoms with Gasteiger partial charge < -0.3 is 115 Å². The number of carbonyl (C=O) groups is 8. The Balaban J connectivity index is 0.000000961. The van der Waals surface area contributed by atoms with Crippen LogP contribution in [0.2, 0.25) is 65.5 Å². The molecule has 8 amide bonds. The van der Waals surface area contributed by atoms with E-state index in [4.69, 9.17) is 88.5 Å². The quantitative estimate of drug-likeness (QED) is 0.0349. The van der Waals surface area contributed by atoms with E-state index in [-0.39, 0.29) is 194 Å². The Morgan fingerprint density at radius 3 is 0.640 bits per heavy atom. The van der Waals surface area contributed by atoms with E-state index in [2.05, 4.69) is 15.5 Å². The van der Waals surface area contributed by atoms with Crippen LogP contribution in [-0.4, -0.2) is 445 Å². The molecule has 6 rings (SSSR count). The average Bonchev–Trinajstić information content (AvgIpc) is 0.772. The topological polar surface area (TPSA) is 398 Å². The molecular formula is C63H110B9Cl2N8O24Si5. The van der Waals surface area contributed by atoms with E-state index < -0.39 is 170 Å². The van der Waals surface area contributed by atoms with E-state index in [0.717, 1.165) is 31.7 Å². The van der Waals surface area contributed by atoms with Crippen LogP contribution in [0.5, 0.6) is 0 Å². The molecule has 111 heavy (non-hydrogen) atoms. The van der Waals surface area contributed by atoms with Gasteiger partial charge in [-0.3, -0.25) is 38.4 Å². The minimum absolute atomic E-state index is 0. The Bertz CT molecular complexity index is 2790. The molecule has 0 aromatic heterocycles. The average molecular weight is 1670 g/mol. The summed E-state index contributed by atoms with van der Waals surface area (Å²) in [7, 11) is 20.2. The molecule has 4 aliphatic rings. The number of hydrogen-bond acceptors (Lipinski definition) is 24. The van der Waals surface area contributed by atoms with Crippen LogP contribution in [0, 0.1) is 0 Å². The summed E-state index contributed by atoms with van der Waals surface area (Å²) in [5, 5.41) is 75.8. The highest BCUT2D eigenvalue weighted by Crippen LogP contribution is 2.29. The predicted molar refractivity (Wildman–Crippen MR) is 442 cm³/mol. The molecule has 13 radical (unpaired) electrons. The lowest BCUT2D eigenvalue weighted by atomic mass is 8.76. The minimum atomic E-state index is -2.34. The van der Waals surface area contributed by atoms with Gasteiger partial charge in [-0.1, -0.05) is 7.43 Å². The normalized spacial score (nSPS) is 16.8. The van der Waals surface area contributed by atoms with E-state index >= 15 is 0 Å². The van der Waals surface area contributed by atoms with Crippen molar-refractivity contribution in [3.63, 3.8) is 0 Å². The number of halogens is 2. The van der Waals surface area contributed by atoms with Gasteiger partial charge in [-0.25, -0.2) is 0 Å².